The zero-order valence-electron chi connectivity index (χ0n) is 9.54. The lowest BCUT2D eigenvalue weighted by molar-refractivity contribution is -0.119. The van der Waals surface area contributed by atoms with Gasteiger partial charge in [0.15, 0.2) is 0 Å². The van der Waals surface area contributed by atoms with Crippen molar-refractivity contribution in [3.63, 3.8) is 0 Å². The Hall–Kier alpha value is -1.55. The highest BCUT2D eigenvalue weighted by atomic mass is 32.5. The van der Waals surface area contributed by atoms with E-state index in [2.05, 4.69) is 14.2 Å². The number of ether oxygens (including phenoxy) is 1. The van der Waals surface area contributed by atoms with Crippen LogP contribution in [0.1, 0.15) is 0 Å². The van der Waals surface area contributed by atoms with Crippen molar-refractivity contribution in [1.82, 2.24) is 0 Å². The van der Waals surface area contributed by atoms with Crippen molar-refractivity contribution in [3.8, 4) is 5.75 Å². The van der Waals surface area contributed by atoms with E-state index in [9.17, 15) is 24.2 Å². The van der Waals surface area contributed by atoms with E-state index in [-0.39, 0.29) is 12.3 Å². The quantitative estimate of drug-likeness (QED) is 0.840. The minimum atomic E-state index is -10.0. The molecule has 0 unspecified atom stereocenters. The van der Waals surface area contributed by atoms with E-state index in [0.29, 0.717) is 12.1 Å². The maximum Gasteiger partial charge on any atom is 0.435 e. The van der Waals surface area contributed by atoms with Crippen LogP contribution in [0.3, 0.4) is 0 Å². The number of halogens is 5. The van der Waals surface area contributed by atoms with E-state index >= 15 is 0 Å². The summed E-state index contributed by atoms with van der Waals surface area (Å²) in [5.41, 5.74) is -0.124. The Labute approximate surface area is 105 Å². The lowest BCUT2D eigenvalue weighted by Gasteiger charge is -2.39. The van der Waals surface area contributed by atoms with Crippen LogP contribution in [0.25, 0.3) is 0 Å². The molecule has 0 heterocycles. The molecule has 0 spiro atoms. The summed E-state index contributed by atoms with van der Waals surface area (Å²) in [5, 5.41) is 2.15. The SMILES string of the molecule is COCC(=O)Nc1cccc(OS(F)(F)(F)(F)F)c1. The van der Waals surface area contributed by atoms with Gasteiger partial charge in [-0.25, -0.2) is 0 Å². The molecule has 19 heavy (non-hydrogen) atoms. The number of carbonyl (C=O) groups is 1. The van der Waals surface area contributed by atoms with E-state index in [1.54, 1.807) is 0 Å². The average molecular weight is 307 g/mol. The van der Waals surface area contributed by atoms with Gasteiger partial charge in [0.05, 0.1) is 0 Å². The van der Waals surface area contributed by atoms with Crippen molar-refractivity contribution in [3.05, 3.63) is 24.3 Å². The summed E-state index contributed by atoms with van der Waals surface area (Å²) >= 11 is 0. The molecule has 0 aromatic heterocycles. The number of benzene rings is 1. The Morgan fingerprint density at radius 3 is 2.42 bits per heavy atom. The van der Waals surface area contributed by atoms with E-state index in [4.69, 9.17) is 0 Å². The maximum atomic E-state index is 12.1. The van der Waals surface area contributed by atoms with Crippen LogP contribution in [-0.2, 0) is 9.53 Å². The number of carbonyl (C=O) groups excluding carboxylic acids is 1. The monoisotopic (exact) mass is 307 g/mol. The van der Waals surface area contributed by atoms with Crippen molar-refractivity contribution in [2.24, 2.45) is 0 Å². The molecule has 0 aliphatic rings. The van der Waals surface area contributed by atoms with Crippen molar-refractivity contribution in [1.29, 1.82) is 0 Å². The molecule has 1 amide bonds. The maximum absolute atomic E-state index is 12.1. The van der Waals surface area contributed by atoms with Crippen LogP contribution in [0.15, 0.2) is 24.3 Å². The van der Waals surface area contributed by atoms with E-state index < -0.39 is 22.2 Å². The molecule has 0 saturated carbocycles. The molecule has 0 aliphatic carbocycles. The molecule has 0 fully saturated rings. The minimum absolute atomic E-state index is 0.124. The van der Waals surface area contributed by atoms with Gasteiger partial charge in [-0.05, 0) is 12.1 Å². The second-order valence-corrected chi connectivity index (χ2v) is 5.45. The van der Waals surface area contributed by atoms with Crippen LogP contribution < -0.4 is 9.50 Å². The first-order chi connectivity index (χ1) is 8.38. The molecule has 4 nitrogen and oxygen atoms in total. The molecule has 0 atom stereocenters. The Kier molecular flexibility index (Phi) is 3.46. The summed E-state index contributed by atoms with van der Waals surface area (Å²) in [7, 11) is -8.77. The van der Waals surface area contributed by atoms with Gasteiger partial charge in [-0.3, -0.25) is 4.79 Å². The third-order valence-corrected chi connectivity index (χ3v) is 2.15. The second kappa shape index (κ2) is 4.23. The summed E-state index contributed by atoms with van der Waals surface area (Å²) in [6.45, 7) is -0.327. The molecule has 110 valence electrons. The first-order valence-electron chi connectivity index (χ1n) is 4.72. The summed E-state index contributed by atoms with van der Waals surface area (Å²) in [4.78, 5) is 11.1. The molecule has 0 saturated heterocycles. The fourth-order valence-electron chi connectivity index (χ4n) is 1.14. The second-order valence-electron chi connectivity index (χ2n) is 3.49. The largest absolute Gasteiger partial charge is 0.435 e. The zero-order chi connectivity index (χ0) is 14.8. The third-order valence-electron chi connectivity index (χ3n) is 1.65. The zero-order valence-corrected chi connectivity index (χ0v) is 10.4. The van der Waals surface area contributed by atoms with Crippen LogP contribution in [0.2, 0.25) is 0 Å². The predicted octanol–water partition coefficient (Wildman–Crippen LogP) is 3.86. The first kappa shape index (κ1) is 15.5. The van der Waals surface area contributed by atoms with Crippen LogP contribution in [-0.4, -0.2) is 19.6 Å². The van der Waals surface area contributed by atoms with Gasteiger partial charge in [0.1, 0.15) is 12.4 Å². The standard InChI is InChI=1S/C9H10F5NO3S/c1-17-6-9(16)15-7-3-2-4-8(5-7)18-19(10,11,12,13)14/h2-5H,6H2,1H3,(H,15,16). The Balaban J connectivity index is 2.88. The summed E-state index contributed by atoms with van der Waals surface area (Å²) < 4.78 is 67.8. The average Bonchev–Trinajstić information content (AvgIpc) is 2.12. The first-order valence-corrected chi connectivity index (χ1v) is 6.59. The van der Waals surface area contributed by atoms with Crippen LogP contribution in [0.4, 0.5) is 25.1 Å². The molecule has 1 aromatic rings. The van der Waals surface area contributed by atoms with Gasteiger partial charge < -0.3 is 14.2 Å². The van der Waals surface area contributed by atoms with Gasteiger partial charge >= 0.3 is 10.5 Å². The molecular weight excluding hydrogens is 297 g/mol. The number of rotatable bonds is 5. The van der Waals surface area contributed by atoms with Gasteiger partial charge in [0.25, 0.3) is 0 Å². The summed E-state index contributed by atoms with van der Waals surface area (Å²) in [6, 6.07) is 3.57. The van der Waals surface area contributed by atoms with Crippen LogP contribution in [0.5, 0.6) is 5.75 Å². The molecular formula is C9H10F5NO3S. The number of methoxy groups -OCH3 is 1. The Bertz CT molecular complexity index is 490. The van der Waals surface area contributed by atoms with Gasteiger partial charge in [-0.15, -0.1) is 0 Å². The van der Waals surface area contributed by atoms with Gasteiger partial charge in [0, 0.05) is 18.9 Å². The van der Waals surface area contributed by atoms with Crippen LogP contribution >= 0.6 is 10.5 Å². The van der Waals surface area contributed by atoms with E-state index in [1.807, 2.05) is 0 Å². The minimum Gasteiger partial charge on any atom is -0.375 e. The highest BCUT2D eigenvalue weighted by Crippen LogP contribution is 2.97. The highest BCUT2D eigenvalue weighted by Gasteiger charge is 2.67. The lowest BCUT2D eigenvalue weighted by atomic mass is 10.3. The van der Waals surface area contributed by atoms with Crippen LogP contribution in [0, 0.1) is 0 Å². The van der Waals surface area contributed by atoms with Crippen molar-refractivity contribution < 1.29 is 33.1 Å². The van der Waals surface area contributed by atoms with Crippen molar-refractivity contribution in [2.45, 2.75) is 0 Å². The smallest absolute Gasteiger partial charge is 0.375 e. The Morgan fingerprint density at radius 2 is 1.89 bits per heavy atom. The van der Waals surface area contributed by atoms with E-state index in [0.717, 1.165) is 6.07 Å². The lowest BCUT2D eigenvalue weighted by Crippen LogP contribution is -2.17. The summed E-state index contributed by atoms with van der Waals surface area (Å²) in [6.07, 6.45) is 0. The molecule has 10 heteroatoms. The molecule has 1 rings (SSSR count). The number of amides is 1. The number of anilines is 1. The fourth-order valence-corrected chi connectivity index (χ4v) is 1.60. The topological polar surface area (TPSA) is 47.6 Å². The fraction of sp³-hybridized carbons (Fsp3) is 0.222. The normalized spacial score (nSPS) is 15.3. The highest BCUT2D eigenvalue weighted by molar-refractivity contribution is 8.42. The third kappa shape index (κ3) is 6.82. The van der Waals surface area contributed by atoms with E-state index in [1.165, 1.54) is 13.2 Å². The van der Waals surface area contributed by atoms with Crippen molar-refractivity contribution in [2.75, 3.05) is 19.0 Å². The van der Waals surface area contributed by atoms with Gasteiger partial charge in [-0.2, -0.15) is 0 Å². The van der Waals surface area contributed by atoms with Gasteiger partial charge in [-0.1, -0.05) is 25.5 Å². The van der Waals surface area contributed by atoms with Crippen molar-refractivity contribution >= 4 is 22.1 Å². The molecule has 0 radical (unpaired) electrons. The number of hydrogen-bond donors (Lipinski definition) is 1. The van der Waals surface area contributed by atoms with Gasteiger partial charge in [0.2, 0.25) is 5.91 Å². The molecule has 0 aliphatic heterocycles. The molecule has 0 bridgehead atoms. The predicted molar refractivity (Wildman–Crippen MR) is 60.7 cm³/mol. The molecule has 1 aromatic carbocycles. The molecule has 1 N–H and O–H groups in total. The number of nitrogens with one attached hydrogen (secondary N) is 1. The Morgan fingerprint density at radius 1 is 1.26 bits per heavy atom. The summed E-state index contributed by atoms with van der Waals surface area (Å²) in [5.74, 6) is -1.76. The number of hydrogen-bond acceptors (Lipinski definition) is 3.